The molecule has 1 amide bonds. The SMILES string of the molecule is C[C@@H](Cn1ncc2ccc3c(c21)[C@H](O)[C@H](O)CO3)NC(=O)O. The van der Waals surface area contributed by atoms with Crippen LogP contribution in [0.3, 0.4) is 0 Å². The van der Waals surface area contributed by atoms with Crippen LogP contribution in [-0.2, 0) is 6.54 Å². The largest absolute Gasteiger partial charge is 0.490 e. The van der Waals surface area contributed by atoms with E-state index in [1.165, 1.54) is 0 Å². The van der Waals surface area contributed by atoms with Crippen molar-refractivity contribution in [1.29, 1.82) is 0 Å². The van der Waals surface area contributed by atoms with Crippen LogP contribution in [0.5, 0.6) is 5.75 Å². The molecule has 8 nitrogen and oxygen atoms in total. The number of aliphatic hydroxyl groups is 2. The summed E-state index contributed by atoms with van der Waals surface area (Å²) in [6.07, 6.45) is -1.54. The molecule has 1 aliphatic rings. The highest BCUT2D eigenvalue weighted by molar-refractivity contribution is 5.85. The molecule has 2 aromatic rings. The Morgan fingerprint density at radius 3 is 3.05 bits per heavy atom. The second-order valence-electron chi connectivity index (χ2n) is 5.42. The zero-order valence-corrected chi connectivity index (χ0v) is 11.9. The van der Waals surface area contributed by atoms with Gasteiger partial charge in [-0.25, -0.2) is 4.79 Å². The number of hydrogen-bond acceptors (Lipinski definition) is 5. The van der Waals surface area contributed by atoms with Crippen LogP contribution in [0.4, 0.5) is 4.79 Å². The molecule has 3 atom stereocenters. The number of nitrogens with one attached hydrogen (secondary N) is 1. The first kappa shape index (κ1) is 14.6. The maximum absolute atomic E-state index is 10.7. The van der Waals surface area contributed by atoms with Crippen LogP contribution in [0.1, 0.15) is 18.6 Å². The summed E-state index contributed by atoms with van der Waals surface area (Å²) in [6.45, 7) is 2.05. The Morgan fingerprint density at radius 2 is 2.32 bits per heavy atom. The highest BCUT2D eigenvalue weighted by atomic mass is 16.5. The first-order valence-electron chi connectivity index (χ1n) is 6.94. The number of fused-ring (bicyclic) bond motifs is 3. The van der Waals surface area contributed by atoms with Gasteiger partial charge in [0.2, 0.25) is 0 Å². The van der Waals surface area contributed by atoms with Gasteiger partial charge in [0.15, 0.2) is 0 Å². The molecule has 118 valence electrons. The van der Waals surface area contributed by atoms with E-state index in [0.717, 1.165) is 5.39 Å². The minimum Gasteiger partial charge on any atom is -0.490 e. The normalized spacial score (nSPS) is 22.0. The average molecular weight is 307 g/mol. The van der Waals surface area contributed by atoms with Crippen LogP contribution >= 0.6 is 0 Å². The number of hydrogen-bond donors (Lipinski definition) is 4. The van der Waals surface area contributed by atoms with E-state index in [9.17, 15) is 15.0 Å². The van der Waals surface area contributed by atoms with Crippen molar-refractivity contribution in [3.05, 3.63) is 23.9 Å². The Labute approximate surface area is 125 Å². The van der Waals surface area contributed by atoms with Crippen LogP contribution in [0.15, 0.2) is 18.3 Å². The van der Waals surface area contributed by atoms with Crippen molar-refractivity contribution >= 4 is 17.0 Å². The van der Waals surface area contributed by atoms with Gasteiger partial charge < -0.3 is 25.4 Å². The maximum Gasteiger partial charge on any atom is 0.404 e. The highest BCUT2D eigenvalue weighted by Crippen LogP contribution is 2.37. The number of amides is 1. The number of aliphatic hydroxyl groups excluding tert-OH is 2. The highest BCUT2D eigenvalue weighted by Gasteiger charge is 2.31. The van der Waals surface area contributed by atoms with E-state index >= 15 is 0 Å². The van der Waals surface area contributed by atoms with Gasteiger partial charge in [-0.2, -0.15) is 5.10 Å². The third kappa shape index (κ3) is 2.46. The molecule has 1 aromatic heterocycles. The molecule has 0 fully saturated rings. The molecule has 0 unspecified atom stereocenters. The fraction of sp³-hybridized carbons (Fsp3) is 0.429. The van der Waals surface area contributed by atoms with E-state index in [1.807, 2.05) is 6.07 Å². The van der Waals surface area contributed by atoms with E-state index in [1.54, 1.807) is 23.9 Å². The summed E-state index contributed by atoms with van der Waals surface area (Å²) >= 11 is 0. The first-order valence-corrected chi connectivity index (χ1v) is 6.94. The molecule has 0 spiro atoms. The molecule has 1 aromatic carbocycles. The molecule has 0 aliphatic carbocycles. The fourth-order valence-corrected chi connectivity index (χ4v) is 2.71. The van der Waals surface area contributed by atoms with Gasteiger partial charge in [-0.05, 0) is 19.1 Å². The van der Waals surface area contributed by atoms with Gasteiger partial charge in [0, 0.05) is 11.4 Å². The maximum atomic E-state index is 10.7. The molecule has 2 heterocycles. The predicted molar refractivity (Wildman–Crippen MR) is 76.8 cm³/mol. The van der Waals surface area contributed by atoms with Crippen LogP contribution < -0.4 is 10.1 Å². The van der Waals surface area contributed by atoms with Gasteiger partial charge in [0.05, 0.1) is 23.8 Å². The zero-order valence-electron chi connectivity index (χ0n) is 11.9. The number of carboxylic acid groups (broad SMARTS) is 1. The molecule has 8 heteroatoms. The molecular formula is C14H17N3O5. The summed E-state index contributed by atoms with van der Waals surface area (Å²) in [5, 5.41) is 36.2. The lowest BCUT2D eigenvalue weighted by Gasteiger charge is -2.28. The van der Waals surface area contributed by atoms with Crippen molar-refractivity contribution in [3.63, 3.8) is 0 Å². The molecule has 0 saturated heterocycles. The monoisotopic (exact) mass is 307 g/mol. The van der Waals surface area contributed by atoms with Gasteiger partial charge in [0.25, 0.3) is 0 Å². The molecule has 1 aliphatic heterocycles. The van der Waals surface area contributed by atoms with Gasteiger partial charge in [-0.3, -0.25) is 4.68 Å². The minimum atomic E-state index is -1.11. The van der Waals surface area contributed by atoms with Crippen molar-refractivity contribution in [2.24, 2.45) is 0 Å². The minimum absolute atomic E-state index is 0.0325. The van der Waals surface area contributed by atoms with E-state index in [2.05, 4.69) is 10.4 Å². The van der Waals surface area contributed by atoms with Crippen molar-refractivity contribution in [2.75, 3.05) is 6.61 Å². The smallest absolute Gasteiger partial charge is 0.404 e. The lowest BCUT2D eigenvalue weighted by Crippen LogP contribution is -2.35. The second kappa shape index (κ2) is 5.47. The summed E-state index contributed by atoms with van der Waals surface area (Å²) in [7, 11) is 0. The fourth-order valence-electron chi connectivity index (χ4n) is 2.71. The number of nitrogens with zero attached hydrogens (tertiary/aromatic N) is 2. The van der Waals surface area contributed by atoms with E-state index in [0.29, 0.717) is 23.4 Å². The van der Waals surface area contributed by atoms with E-state index < -0.39 is 18.3 Å². The van der Waals surface area contributed by atoms with Crippen molar-refractivity contribution in [3.8, 4) is 5.75 Å². The number of benzene rings is 1. The third-order valence-corrected chi connectivity index (χ3v) is 3.69. The summed E-state index contributed by atoms with van der Waals surface area (Å²) in [5.74, 6) is 0.505. The zero-order chi connectivity index (χ0) is 15.9. The molecule has 4 N–H and O–H groups in total. The van der Waals surface area contributed by atoms with Crippen LogP contribution in [0, 0.1) is 0 Å². The molecule has 22 heavy (non-hydrogen) atoms. The second-order valence-corrected chi connectivity index (χ2v) is 5.42. The van der Waals surface area contributed by atoms with Crippen LogP contribution in [0.25, 0.3) is 10.9 Å². The van der Waals surface area contributed by atoms with Crippen LogP contribution in [-0.4, -0.2) is 49.9 Å². The lowest BCUT2D eigenvalue weighted by molar-refractivity contribution is -0.0248. The Bertz CT molecular complexity index is 714. The number of rotatable bonds is 3. The van der Waals surface area contributed by atoms with Crippen molar-refractivity contribution in [1.82, 2.24) is 15.1 Å². The summed E-state index contributed by atoms with van der Waals surface area (Å²) in [6, 6.07) is 3.19. The van der Waals surface area contributed by atoms with E-state index in [4.69, 9.17) is 9.84 Å². The summed E-state index contributed by atoms with van der Waals surface area (Å²) in [4.78, 5) is 10.7. The molecule has 3 rings (SSSR count). The molecular weight excluding hydrogens is 290 g/mol. The van der Waals surface area contributed by atoms with Gasteiger partial charge in [-0.15, -0.1) is 0 Å². The Kier molecular flexibility index (Phi) is 3.63. The van der Waals surface area contributed by atoms with Gasteiger partial charge >= 0.3 is 6.09 Å². The average Bonchev–Trinajstić information content (AvgIpc) is 2.85. The van der Waals surface area contributed by atoms with Crippen molar-refractivity contribution in [2.45, 2.75) is 31.7 Å². The van der Waals surface area contributed by atoms with Crippen LogP contribution in [0.2, 0.25) is 0 Å². The summed E-state index contributed by atoms with van der Waals surface area (Å²) < 4.78 is 7.06. The van der Waals surface area contributed by atoms with Gasteiger partial charge in [-0.1, -0.05) is 0 Å². The standard InChI is InChI=1S/C14H17N3O5/c1-7(16-14(20)21)5-17-12-8(4-15-17)2-3-10-11(12)13(19)9(18)6-22-10/h2-4,7,9,13,16,18-19H,5-6H2,1H3,(H,20,21)/t7-,9+,13+/m0/s1. The predicted octanol–water partition coefficient (Wildman–Crippen LogP) is 0.479. The topological polar surface area (TPSA) is 117 Å². The van der Waals surface area contributed by atoms with Crippen molar-refractivity contribution < 1.29 is 24.9 Å². The first-order chi connectivity index (χ1) is 10.5. The van der Waals surface area contributed by atoms with Gasteiger partial charge in [0.1, 0.15) is 24.6 Å². The lowest BCUT2D eigenvalue weighted by atomic mass is 9.98. The third-order valence-electron chi connectivity index (χ3n) is 3.69. The molecule has 0 radical (unpaired) electrons. The Hall–Kier alpha value is -2.32. The number of ether oxygens (including phenoxy) is 1. The van der Waals surface area contributed by atoms with E-state index in [-0.39, 0.29) is 12.6 Å². The molecule has 0 saturated carbocycles. The number of carbonyl (C=O) groups is 1. The quantitative estimate of drug-likeness (QED) is 0.655. The number of aromatic nitrogens is 2. The summed E-state index contributed by atoms with van der Waals surface area (Å²) in [5.41, 5.74) is 1.12. The Balaban J connectivity index is 2.04. The molecule has 0 bridgehead atoms. The Morgan fingerprint density at radius 1 is 1.55 bits per heavy atom.